The van der Waals surface area contributed by atoms with E-state index in [1.807, 2.05) is 0 Å². The van der Waals surface area contributed by atoms with Crippen LogP contribution in [0.5, 0.6) is 11.5 Å². The SMILES string of the molecule is COc1ccc(F)c(-c2cccc(F)c2OC)c1. The Morgan fingerprint density at radius 3 is 2.28 bits per heavy atom. The minimum absolute atomic E-state index is 0.0182. The van der Waals surface area contributed by atoms with Crippen molar-refractivity contribution in [2.75, 3.05) is 14.2 Å². The fourth-order valence-corrected chi connectivity index (χ4v) is 1.77. The molecule has 4 heteroatoms. The maximum atomic E-state index is 13.8. The summed E-state index contributed by atoms with van der Waals surface area (Å²) in [6, 6.07) is 8.65. The third kappa shape index (κ3) is 2.14. The molecule has 0 unspecified atom stereocenters. The van der Waals surface area contributed by atoms with Crippen LogP contribution in [0.15, 0.2) is 36.4 Å². The zero-order chi connectivity index (χ0) is 13.1. The van der Waals surface area contributed by atoms with E-state index in [1.54, 1.807) is 6.07 Å². The van der Waals surface area contributed by atoms with Crippen molar-refractivity contribution in [1.29, 1.82) is 0 Å². The van der Waals surface area contributed by atoms with Gasteiger partial charge in [-0.25, -0.2) is 8.78 Å². The molecule has 2 rings (SSSR count). The van der Waals surface area contributed by atoms with Crippen LogP contribution in [0.25, 0.3) is 11.1 Å². The Morgan fingerprint density at radius 1 is 0.833 bits per heavy atom. The highest BCUT2D eigenvalue weighted by Crippen LogP contribution is 2.35. The normalized spacial score (nSPS) is 10.2. The van der Waals surface area contributed by atoms with Crippen molar-refractivity contribution >= 4 is 0 Å². The summed E-state index contributed by atoms with van der Waals surface area (Å²) in [6.07, 6.45) is 0. The van der Waals surface area contributed by atoms with Crippen molar-refractivity contribution in [3.8, 4) is 22.6 Å². The number of para-hydroxylation sites is 1. The third-order valence-corrected chi connectivity index (χ3v) is 2.63. The molecule has 0 aliphatic carbocycles. The maximum absolute atomic E-state index is 13.8. The van der Waals surface area contributed by atoms with E-state index in [9.17, 15) is 8.78 Å². The molecule has 0 aliphatic rings. The van der Waals surface area contributed by atoms with Crippen LogP contribution < -0.4 is 9.47 Å². The molecule has 0 radical (unpaired) electrons. The van der Waals surface area contributed by atoms with E-state index in [2.05, 4.69) is 0 Å². The van der Waals surface area contributed by atoms with Crippen molar-refractivity contribution in [1.82, 2.24) is 0 Å². The van der Waals surface area contributed by atoms with E-state index in [4.69, 9.17) is 9.47 Å². The Morgan fingerprint density at radius 2 is 1.61 bits per heavy atom. The van der Waals surface area contributed by atoms with E-state index in [0.29, 0.717) is 11.3 Å². The van der Waals surface area contributed by atoms with Crippen LogP contribution in [0.3, 0.4) is 0 Å². The van der Waals surface area contributed by atoms with Gasteiger partial charge in [0.15, 0.2) is 11.6 Å². The molecule has 2 nitrogen and oxygen atoms in total. The lowest BCUT2D eigenvalue weighted by Crippen LogP contribution is -1.94. The number of methoxy groups -OCH3 is 2. The number of hydrogen-bond acceptors (Lipinski definition) is 2. The Hall–Kier alpha value is -2.10. The predicted octanol–water partition coefficient (Wildman–Crippen LogP) is 3.65. The molecule has 0 spiro atoms. The number of rotatable bonds is 3. The molecular formula is C14H12F2O2. The fraction of sp³-hybridized carbons (Fsp3) is 0.143. The Balaban J connectivity index is 2.64. The van der Waals surface area contributed by atoms with Crippen molar-refractivity contribution < 1.29 is 18.3 Å². The van der Waals surface area contributed by atoms with Crippen LogP contribution in [-0.2, 0) is 0 Å². The van der Waals surface area contributed by atoms with Gasteiger partial charge in [0.1, 0.15) is 11.6 Å². The lowest BCUT2D eigenvalue weighted by molar-refractivity contribution is 0.388. The molecule has 0 aliphatic heterocycles. The Bertz CT molecular complexity index is 568. The molecule has 18 heavy (non-hydrogen) atoms. The first-order valence-corrected chi connectivity index (χ1v) is 5.33. The van der Waals surface area contributed by atoms with Gasteiger partial charge in [0, 0.05) is 11.1 Å². The largest absolute Gasteiger partial charge is 0.497 e. The maximum Gasteiger partial charge on any atom is 0.165 e. The summed E-state index contributed by atoms with van der Waals surface area (Å²) in [5, 5.41) is 0. The van der Waals surface area contributed by atoms with E-state index in [0.717, 1.165) is 0 Å². The molecule has 0 saturated carbocycles. The van der Waals surface area contributed by atoms with E-state index < -0.39 is 11.6 Å². The zero-order valence-electron chi connectivity index (χ0n) is 10.0. The van der Waals surface area contributed by atoms with Crippen LogP contribution in [0, 0.1) is 11.6 Å². The van der Waals surface area contributed by atoms with Crippen LogP contribution in [0.4, 0.5) is 8.78 Å². The van der Waals surface area contributed by atoms with Crippen molar-refractivity contribution in [3.05, 3.63) is 48.0 Å². The number of halogens is 2. The van der Waals surface area contributed by atoms with Crippen LogP contribution in [-0.4, -0.2) is 14.2 Å². The van der Waals surface area contributed by atoms with Crippen molar-refractivity contribution in [3.63, 3.8) is 0 Å². The smallest absolute Gasteiger partial charge is 0.165 e. The summed E-state index contributed by atoms with van der Waals surface area (Å²) in [4.78, 5) is 0. The van der Waals surface area contributed by atoms with Gasteiger partial charge in [-0.1, -0.05) is 12.1 Å². The zero-order valence-corrected chi connectivity index (χ0v) is 10.0. The molecule has 0 bridgehead atoms. The van der Waals surface area contributed by atoms with Gasteiger partial charge < -0.3 is 9.47 Å². The minimum atomic E-state index is -0.530. The Labute approximate surface area is 104 Å². The summed E-state index contributed by atoms with van der Waals surface area (Å²) < 4.78 is 37.4. The standard InChI is InChI=1S/C14H12F2O2/c1-17-9-6-7-12(15)11(8-9)10-4-3-5-13(16)14(10)18-2/h3-8H,1-2H3. The summed E-state index contributed by atoms with van der Waals surface area (Å²) in [7, 11) is 2.83. The quantitative estimate of drug-likeness (QED) is 0.827. The van der Waals surface area contributed by atoms with Gasteiger partial charge in [0.2, 0.25) is 0 Å². The minimum Gasteiger partial charge on any atom is -0.497 e. The molecular weight excluding hydrogens is 238 g/mol. The summed E-state index contributed by atoms with van der Waals surface area (Å²) in [5.74, 6) is -0.473. The predicted molar refractivity (Wildman–Crippen MR) is 64.9 cm³/mol. The van der Waals surface area contributed by atoms with Crippen molar-refractivity contribution in [2.24, 2.45) is 0 Å². The highest BCUT2D eigenvalue weighted by molar-refractivity contribution is 5.72. The molecule has 2 aromatic carbocycles. The molecule has 0 aromatic heterocycles. The second kappa shape index (κ2) is 5.04. The van der Waals surface area contributed by atoms with Crippen LogP contribution in [0.1, 0.15) is 0 Å². The van der Waals surface area contributed by atoms with Gasteiger partial charge in [-0.05, 0) is 24.3 Å². The van der Waals surface area contributed by atoms with Crippen LogP contribution >= 0.6 is 0 Å². The summed E-state index contributed by atoms with van der Waals surface area (Å²) >= 11 is 0. The van der Waals surface area contributed by atoms with E-state index in [-0.39, 0.29) is 11.3 Å². The van der Waals surface area contributed by atoms with Gasteiger partial charge in [0.25, 0.3) is 0 Å². The molecule has 2 aromatic rings. The third-order valence-electron chi connectivity index (χ3n) is 2.63. The fourth-order valence-electron chi connectivity index (χ4n) is 1.77. The molecule has 0 amide bonds. The molecule has 0 N–H and O–H groups in total. The molecule has 0 atom stereocenters. The number of ether oxygens (including phenoxy) is 2. The highest BCUT2D eigenvalue weighted by Gasteiger charge is 2.14. The van der Waals surface area contributed by atoms with Crippen LogP contribution in [0.2, 0.25) is 0 Å². The van der Waals surface area contributed by atoms with Gasteiger partial charge in [-0.2, -0.15) is 0 Å². The average Bonchev–Trinajstić information content (AvgIpc) is 2.39. The average molecular weight is 250 g/mol. The van der Waals surface area contributed by atoms with E-state index >= 15 is 0 Å². The lowest BCUT2D eigenvalue weighted by atomic mass is 10.0. The molecule has 0 heterocycles. The first-order chi connectivity index (χ1) is 8.67. The topological polar surface area (TPSA) is 18.5 Å². The first kappa shape index (κ1) is 12.4. The summed E-state index contributed by atoms with van der Waals surface area (Å²) in [5.41, 5.74) is 0.597. The summed E-state index contributed by atoms with van der Waals surface area (Å²) in [6.45, 7) is 0. The first-order valence-electron chi connectivity index (χ1n) is 5.33. The van der Waals surface area contributed by atoms with E-state index in [1.165, 1.54) is 44.6 Å². The van der Waals surface area contributed by atoms with Gasteiger partial charge in [-0.3, -0.25) is 0 Å². The monoisotopic (exact) mass is 250 g/mol. The van der Waals surface area contributed by atoms with Gasteiger partial charge in [0.05, 0.1) is 14.2 Å². The number of benzene rings is 2. The van der Waals surface area contributed by atoms with Gasteiger partial charge >= 0.3 is 0 Å². The Kier molecular flexibility index (Phi) is 3.46. The molecule has 0 saturated heterocycles. The second-order valence-electron chi connectivity index (χ2n) is 3.67. The lowest BCUT2D eigenvalue weighted by Gasteiger charge is -2.11. The molecule has 0 fully saturated rings. The number of hydrogen-bond donors (Lipinski definition) is 0. The van der Waals surface area contributed by atoms with Gasteiger partial charge in [-0.15, -0.1) is 0 Å². The van der Waals surface area contributed by atoms with Crippen molar-refractivity contribution in [2.45, 2.75) is 0 Å². The second-order valence-corrected chi connectivity index (χ2v) is 3.67. The molecule has 94 valence electrons. The highest BCUT2D eigenvalue weighted by atomic mass is 19.1.